The Morgan fingerprint density at radius 1 is 1.00 bits per heavy atom. The molecular weight excluding hydrogens is 394 g/mol. The van der Waals surface area contributed by atoms with Gasteiger partial charge in [-0.15, -0.1) is 10.2 Å². The van der Waals surface area contributed by atoms with Crippen molar-refractivity contribution in [2.24, 2.45) is 0 Å². The molecule has 0 amide bonds. The van der Waals surface area contributed by atoms with Gasteiger partial charge in [-0.25, -0.2) is 4.98 Å². The van der Waals surface area contributed by atoms with Gasteiger partial charge < -0.3 is 0 Å². The Morgan fingerprint density at radius 2 is 1.79 bits per heavy atom. The van der Waals surface area contributed by atoms with Crippen molar-refractivity contribution < 1.29 is 4.79 Å². The predicted molar refractivity (Wildman–Crippen MR) is 109 cm³/mol. The van der Waals surface area contributed by atoms with Crippen molar-refractivity contribution in [3.05, 3.63) is 83.8 Å². The number of halogens is 1. The molecule has 0 aliphatic rings. The molecule has 0 radical (unpaired) electrons. The topological polar surface area (TPSA) is 73.6 Å². The van der Waals surface area contributed by atoms with Crippen LogP contribution in [0.1, 0.15) is 10.4 Å². The lowest BCUT2D eigenvalue weighted by Crippen LogP contribution is -2.05. The molecule has 2 heterocycles. The molecule has 138 valence electrons. The van der Waals surface area contributed by atoms with Gasteiger partial charge in [0, 0.05) is 28.7 Å². The molecule has 6 nitrogen and oxygen atoms in total. The molecule has 2 aromatic carbocycles. The fraction of sp³-hybridized carbons (Fsp3) is 0.0500. The number of nitrogens with zero attached hydrogens (tertiary/aromatic N) is 5. The molecule has 0 aliphatic carbocycles. The lowest BCUT2D eigenvalue weighted by atomic mass is 10.1. The summed E-state index contributed by atoms with van der Waals surface area (Å²) in [6, 6.07) is 16.6. The van der Waals surface area contributed by atoms with Crippen LogP contribution in [-0.2, 0) is 0 Å². The first-order valence-electron chi connectivity index (χ1n) is 8.41. The van der Waals surface area contributed by atoms with Crippen LogP contribution in [0.2, 0.25) is 5.02 Å². The van der Waals surface area contributed by atoms with Crippen LogP contribution in [0.25, 0.3) is 17.2 Å². The highest BCUT2D eigenvalue weighted by Crippen LogP contribution is 2.27. The number of aromatic nitrogens is 5. The molecule has 0 fully saturated rings. The second kappa shape index (κ2) is 8.33. The van der Waals surface area contributed by atoms with E-state index >= 15 is 0 Å². The van der Waals surface area contributed by atoms with Gasteiger partial charge in [-0.3, -0.25) is 14.3 Å². The van der Waals surface area contributed by atoms with Crippen LogP contribution in [0.4, 0.5) is 0 Å². The largest absolute Gasteiger partial charge is 0.293 e. The number of benzene rings is 2. The molecule has 4 rings (SSSR count). The molecule has 0 spiro atoms. The molecule has 28 heavy (non-hydrogen) atoms. The van der Waals surface area contributed by atoms with E-state index < -0.39 is 0 Å². The first kappa shape index (κ1) is 18.3. The summed E-state index contributed by atoms with van der Waals surface area (Å²) in [6.07, 6.45) is 4.85. The Kier molecular flexibility index (Phi) is 5.45. The van der Waals surface area contributed by atoms with E-state index in [1.165, 1.54) is 11.8 Å². The maximum Gasteiger partial charge on any atom is 0.196 e. The Balaban J connectivity index is 1.65. The van der Waals surface area contributed by atoms with Gasteiger partial charge in [0.2, 0.25) is 0 Å². The molecule has 4 aromatic rings. The van der Waals surface area contributed by atoms with Crippen molar-refractivity contribution in [1.29, 1.82) is 0 Å². The normalized spacial score (nSPS) is 10.8. The van der Waals surface area contributed by atoms with Crippen LogP contribution in [-0.4, -0.2) is 36.3 Å². The zero-order valence-electron chi connectivity index (χ0n) is 14.6. The van der Waals surface area contributed by atoms with E-state index in [9.17, 15) is 4.79 Å². The highest BCUT2D eigenvalue weighted by atomic mass is 35.5. The summed E-state index contributed by atoms with van der Waals surface area (Å²) in [5, 5.41) is 9.77. The third-order valence-electron chi connectivity index (χ3n) is 3.94. The average Bonchev–Trinajstić information content (AvgIpc) is 3.18. The van der Waals surface area contributed by atoms with Crippen LogP contribution in [0.3, 0.4) is 0 Å². The van der Waals surface area contributed by atoms with E-state index in [0.717, 1.165) is 5.69 Å². The van der Waals surface area contributed by atoms with Gasteiger partial charge in [0.1, 0.15) is 5.69 Å². The third kappa shape index (κ3) is 3.95. The fourth-order valence-corrected chi connectivity index (χ4v) is 3.58. The maximum atomic E-state index is 12.5. The summed E-state index contributed by atoms with van der Waals surface area (Å²) in [7, 11) is 0. The van der Waals surface area contributed by atoms with Crippen LogP contribution in [0.5, 0.6) is 0 Å². The zero-order valence-corrected chi connectivity index (χ0v) is 16.1. The van der Waals surface area contributed by atoms with Crippen LogP contribution in [0.15, 0.2) is 78.3 Å². The highest BCUT2D eigenvalue weighted by molar-refractivity contribution is 7.99. The first-order valence-corrected chi connectivity index (χ1v) is 9.77. The smallest absolute Gasteiger partial charge is 0.196 e. The molecule has 2 aromatic heterocycles. The number of carbonyl (C=O) groups is 1. The van der Waals surface area contributed by atoms with E-state index in [1.54, 1.807) is 42.9 Å². The van der Waals surface area contributed by atoms with Gasteiger partial charge in [0.05, 0.1) is 11.9 Å². The van der Waals surface area contributed by atoms with Crippen molar-refractivity contribution in [3.63, 3.8) is 0 Å². The second-order valence-electron chi connectivity index (χ2n) is 5.79. The second-order valence-corrected chi connectivity index (χ2v) is 7.17. The Hall–Kier alpha value is -3.03. The van der Waals surface area contributed by atoms with E-state index in [2.05, 4.69) is 20.2 Å². The third-order valence-corrected chi connectivity index (χ3v) is 5.12. The van der Waals surface area contributed by atoms with Crippen molar-refractivity contribution in [2.75, 3.05) is 5.75 Å². The Bertz CT molecular complexity index is 1080. The standard InChI is InChI=1S/C20H14ClN5OS/c21-15-8-6-14(7-9-15)18(27)13-28-20-25-24-19(17-12-22-10-11-23-17)26(20)16-4-2-1-3-5-16/h1-12H,13H2. The Labute approximate surface area is 170 Å². The first-order chi connectivity index (χ1) is 13.7. The van der Waals surface area contributed by atoms with Crippen LogP contribution >= 0.6 is 23.4 Å². The van der Waals surface area contributed by atoms with Crippen LogP contribution in [0, 0.1) is 0 Å². The van der Waals surface area contributed by atoms with Gasteiger partial charge in [0.15, 0.2) is 16.8 Å². The lowest BCUT2D eigenvalue weighted by molar-refractivity contribution is 0.102. The molecule has 0 unspecified atom stereocenters. The molecule has 0 bridgehead atoms. The van der Waals surface area contributed by atoms with Gasteiger partial charge in [-0.05, 0) is 36.4 Å². The van der Waals surface area contributed by atoms with Crippen LogP contribution < -0.4 is 0 Å². The quantitative estimate of drug-likeness (QED) is 0.349. The maximum absolute atomic E-state index is 12.5. The monoisotopic (exact) mass is 407 g/mol. The summed E-state index contributed by atoms with van der Waals surface area (Å²) in [4.78, 5) is 20.9. The van der Waals surface area contributed by atoms with E-state index in [0.29, 0.717) is 27.3 Å². The minimum atomic E-state index is -0.00895. The van der Waals surface area contributed by atoms with E-state index in [-0.39, 0.29) is 11.5 Å². The number of carbonyl (C=O) groups excluding carboxylic acids is 1. The zero-order chi connectivity index (χ0) is 19.3. The summed E-state index contributed by atoms with van der Waals surface area (Å²) in [5.74, 6) is 0.790. The molecule has 0 saturated carbocycles. The number of hydrogen-bond donors (Lipinski definition) is 0. The van der Waals surface area contributed by atoms with Gasteiger partial charge >= 0.3 is 0 Å². The summed E-state index contributed by atoms with van der Waals surface area (Å²) >= 11 is 7.21. The number of hydrogen-bond acceptors (Lipinski definition) is 6. The molecule has 0 saturated heterocycles. The summed E-state index contributed by atoms with van der Waals surface area (Å²) < 4.78 is 1.88. The number of Topliss-reactive ketones (excluding diaryl/α,β-unsaturated/α-hetero) is 1. The lowest BCUT2D eigenvalue weighted by Gasteiger charge is -2.09. The fourth-order valence-electron chi connectivity index (χ4n) is 2.60. The predicted octanol–water partition coefficient (Wildman–Crippen LogP) is 4.35. The number of ketones is 1. The van der Waals surface area contributed by atoms with Crippen molar-refractivity contribution in [1.82, 2.24) is 24.7 Å². The van der Waals surface area contributed by atoms with Crippen molar-refractivity contribution in [3.8, 4) is 17.2 Å². The van der Waals surface area contributed by atoms with Crippen molar-refractivity contribution >= 4 is 29.1 Å². The molecule has 0 aliphatic heterocycles. The molecule has 8 heteroatoms. The van der Waals surface area contributed by atoms with Gasteiger partial charge in [0.25, 0.3) is 0 Å². The molecular formula is C20H14ClN5OS. The Morgan fingerprint density at radius 3 is 2.50 bits per heavy atom. The minimum absolute atomic E-state index is 0.00895. The molecule has 0 N–H and O–H groups in total. The summed E-state index contributed by atoms with van der Waals surface area (Å²) in [5.41, 5.74) is 2.10. The van der Waals surface area contributed by atoms with Gasteiger partial charge in [-0.2, -0.15) is 0 Å². The van der Waals surface area contributed by atoms with E-state index in [4.69, 9.17) is 11.6 Å². The molecule has 0 atom stereocenters. The van der Waals surface area contributed by atoms with Gasteiger partial charge in [-0.1, -0.05) is 41.6 Å². The average molecular weight is 408 g/mol. The number of para-hydroxylation sites is 1. The summed E-state index contributed by atoms with van der Waals surface area (Å²) in [6.45, 7) is 0. The highest BCUT2D eigenvalue weighted by Gasteiger charge is 2.18. The minimum Gasteiger partial charge on any atom is -0.293 e. The van der Waals surface area contributed by atoms with Crippen molar-refractivity contribution in [2.45, 2.75) is 5.16 Å². The SMILES string of the molecule is O=C(CSc1nnc(-c2cnccn2)n1-c1ccccc1)c1ccc(Cl)cc1. The van der Waals surface area contributed by atoms with E-state index in [1.807, 2.05) is 34.9 Å². The number of thioether (sulfide) groups is 1. The number of rotatable bonds is 6.